The molecule has 0 aliphatic rings. The van der Waals surface area contributed by atoms with Gasteiger partial charge in [0.05, 0.1) is 5.69 Å². The predicted molar refractivity (Wildman–Crippen MR) is 142 cm³/mol. The van der Waals surface area contributed by atoms with Crippen LogP contribution >= 0.6 is 0 Å². The van der Waals surface area contributed by atoms with Crippen molar-refractivity contribution in [2.45, 2.75) is 46.5 Å². The van der Waals surface area contributed by atoms with Crippen LogP contribution in [0.25, 0.3) is 34.2 Å². The molecule has 36 heavy (non-hydrogen) atoms. The minimum atomic E-state index is 0.156. The van der Waals surface area contributed by atoms with Gasteiger partial charge < -0.3 is 5.11 Å². The molecule has 5 aromatic rings. The first-order chi connectivity index (χ1) is 17.3. The van der Waals surface area contributed by atoms with E-state index in [4.69, 9.17) is 5.10 Å². The molecule has 182 valence electrons. The Bertz CT molecular complexity index is 1500. The molecule has 2 aromatic heterocycles. The molecule has 0 fully saturated rings. The van der Waals surface area contributed by atoms with Crippen LogP contribution in [-0.4, -0.2) is 34.6 Å². The minimum Gasteiger partial charge on any atom is -0.506 e. The van der Waals surface area contributed by atoms with Gasteiger partial charge in [0, 0.05) is 11.1 Å². The maximum atomic E-state index is 10.3. The highest BCUT2D eigenvalue weighted by Crippen LogP contribution is 2.34. The first kappa shape index (κ1) is 23.5. The third-order valence-corrected chi connectivity index (χ3v) is 6.39. The molecule has 0 aliphatic heterocycles. The van der Waals surface area contributed by atoms with Crippen LogP contribution in [0.1, 0.15) is 56.5 Å². The van der Waals surface area contributed by atoms with Gasteiger partial charge in [0.15, 0.2) is 11.6 Å². The van der Waals surface area contributed by atoms with E-state index in [1.165, 1.54) is 11.1 Å². The zero-order valence-corrected chi connectivity index (χ0v) is 21.2. The molecule has 5 rings (SSSR count). The summed E-state index contributed by atoms with van der Waals surface area (Å²) in [6.07, 6.45) is 1.80. The van der Waals surface area contributed by atoms with Crippen LogP contribution in [-0.2, 0) is 0 Å². The van der Waals surface area contributed by atoms with Gasteiger partial charge in [0.2, 0.25) is 0 Å². The Labute approximate surface area is 211 Å². The van der Waals surface area contributed by atoms with Crippen molar-refractivity contribution in [3.05, 3.63) is 90.0 Å². The summed E-state index contributed by atoms with van der Waals surface area (Å²) in [5.41, 5.74) is 6.05. The number of benzene rings is 3. The van der Waals surface area contributed by atoms with E-state index in [-0.39, 0.29) is 5.75 Å². The van der Waals surface area contributed by atoms with Gasteiger partial charge in [-0.05, 0) is 48.1 Å². The average molecular weight is 479 g/mol. The smallest absolute Gasteiger partial charge is 0.181 e. The third-order valence-electron chi connectivity index (χ3n) is 6.39. The van der Waals surface area contributed by atoms with Crippen LogP contribution in [0.3, 0.4) is 0 Å². The number of aromatic hydroxyl groups is 1. The summed E-state index contributed by atoms with van der Waals surface area (Å²) in [5, 5.41) is 23.8. The van der Waals surface area contributed by atoms with Crippen molar-refractivity contribution in [1.29, 1.82) is 0 Å². The van der Waals surface area contributed by atoms with Crippen LogP contribution in [0.2, 0.25) is 0 Å². The normalized spacial score (nSPS) is 11.5. The fraction of sp³-hybridized carbons (Fsp3) is 0.241. The number of aromatic nitrogens is 6. The van der Waals surface area contributed by atoms with E-state index in [1.54, 1.807) is 23.1 Å². The number of phenolic OH excluding ortho intramolecular Hbond substituents is 1. The number of nitrogens with zero attached hydrogens (tertiary/aromatic N) is 6. The lowest BCUT2D eigenvalue weighted by Gasteiger charge is -2.21. The van der Waals surface area contributed by atoms with Gasteiger partial charge in [-0.25, -0.2) is 9.67 Å². The van der Waals surface area contributed by atoms with Crippen molar-refractivity contribution < 1.29 is 5.11 Å². The minimum absolute atomic E-state index is 0.156. The average Bonchev–Trinajstić information content (AvgIpc) is 3.51. The van der Waals surface area contributed by atoms with E-state index in [0.717, 1.165) is 22.6 Å². The lowest BCUT2D eigenvalue weighted by atomic mass is 9.92. The second kappa shape index (κ2) is 9.41. The quantitative estimate of drug-likeness (QED) is 0.304. The zero-order valence-electron chi connectivity index (χ0n) is 21.2. The Morgan fingerprint density at radius 3 is 2.17 bits per heavy atom. The van der Waals surface area contributed by atoms with Crippen molar-refractivity contribution in [3.63, 3.8) is 0 Å². The monoisotopic (exact) mass is 478 g/mol. The Morgan fingerprint density at radius 2 is 1.47 bits per heavy atom. The number of para-hydroxylation sites is 3. The zero-order chi connectivity index (χ0) is 25.4. The SMILES string of the molecule is Cc1nc(-c2cccc(-c3nncn3-c3c(C(C)C)cccc3C(C)C)c2)nn1-c1ccccc1O. The largest absolute Gasteiger partial charge is 0.506 e. The predicted octanol–water partition coefficient (Wildman–Crippen LogP) is 6.44. The summed E-state index contributed by atoms with van der Waals surface area (Å²) in [5.74, 6) is 2.89. The van der Waals surface area contributed by atoms with Gasteiger partial charge in [-0.1, -0.05) is 76.2 Å². The first-order valence-corrected chi connectivity index (χ1v) is 12.2. The van der Waals surface area contributed by atoms with Crippen LogP contribution in [0.15, 0.2) is 73.1 Å². The fourth-order valence-electron chi connectivity index (χ4n) is 4.57. The molecule has 7 nitrogen and oxygen atoms in total. The highest BCUT2D eigenvalue weighted by atomic mass is 16.3. The summed E-state index contributed by atoms with van der Waals surface area (Å²) in [7, 11) is 0. The maximum Gasteiger partial charge on any atom is 0.181 e. The van der Waals surface area contributed by atoms with Gasteiger partial charge in [0.25, 0.3) is 0 Å². The molecule has 0 saturated heterocycles. The fourth-order valence-corrected chi connectivity index (χ4v) is 4.57. The Kier molecular flexibility index (Phi) is 6.14. The topological polar surface area (TPSA) is 81.7 Å². The number of phenols is 1. The number of hydrogen-bond donors (Lipinski definition) is 1. The van der Waals surface area contributed by atoms with Crippen molar-refractivity contribution in [2.24, 2.45) is 0 Å². The van der Waals surface area contributed by atoms with E-state index < -0.39 is 0 Å². The molecule has 0 bridgehead atoms. The molecule has 0 radical (unpaired) electrons. The van der Waals surface area contributed by atoms with E-state index in [9.17, 15) is 5.11 Å². The highest BCUT2D eigenvalue weighted by molar-refractivity contribution is 5.68. The second-order valence-electron chi connectivity index (χ2n) is 9.58. The van der Waals surface area contributed by atoms with Crippen LogP contribution in [0, 0.1) is 6.92 Å². The lowest BCUT2D eigenvalue weighted by molar-refractivity contribution is 0.470. The molecule has 3 aromatic carbocycles. The number of rotatable bonds is 6. The first-order valence-electron chi connectivity index (χ1n) is 12.2. The number of hydrogen-bond acceptors (Lipinski definition) is 5. The summed E-state index contributed by atoms with van der Waals surface area (Å²) in [6.45, 7) is 10.7. The maximum absolute atomic E-state index is 10.3. The van der Waals surface area contributed by atoms with Crippen molar-refractivity contribution in [2.75, 3.05) is 0 Å². The molecule has 0 spiro atoms. The highest BCUT2D eigenvalue weighted by Gasteiger charge is 2.20. The number of aryl methyl sites for hydroxylation is 1. The van der Waals surface area contributed by atoms with Gasteiger partial charge in [-0.2, -0.15) is 0 Å². The molecule has 2 heterocycles. The van der Waals surface area contributed by atoms with Crippen molar-refractivity contribution in [3.8, 4) is 39.9 Å². The second-order valence-corrected chi connectivity index (χ2v) is 9.58. The van der Waals surface area contributed by atoms with Gasteiger partial charge in [0.1, 0.15) is 23.6 Å². The molecule has 0 atom stereocenters. The van der Waals surface area contributed by atoms with Crippen LogP contribution in [0.4, 0.5) is 0 Å². The molecule has 0 unspecified atom stereocenters. The summed E-state index contributed by atoms with van der Waals surface area (Å²) < 4.78 is 3.76. The van der Waals surface area contributed by atoms with Crippen LogP contribution in [0.5, 0.6) is 5.75 Å². The lowest BCUT2D eigenvalue weighted by Crippen LogP contribution is -2.07. The Morgan fingerprint density at radius 1 is 0.806 bits per heavy atom. The van der Waals surface area contributed by atoms with E-state index in [2.05, 4.69) is 65.6 Å². The molecule has 1 N–H and O–H groups in total. The Hall–Kier alpha value is -4.26. The van der Waals surface area contributed by atoms with Gasteiger partial charge in [-0.3, -0.25) is 4.57 Å². The van der Waals surface area contributed by atoms with E-state index in [1.807, 2.05) is 43.3 Å². The standard InChI is InChI=1S/C29H30N6O/c1-18(2)23-12-9-13-24(19(3)4)27(23)34-17-30-32-29(34)22-11-8-10-21(16-22)28-31-20(5)35(33-28)25-14-6-7-15-26(25)36/h6-19,36H,1-5H3. The van der Waals surface area contributed by atoms with Crippen LogP contribution < -0.4 is 0 Å². The molecule has 0 amide bonds. The van der Waals surface area contributed by atoms with E-state index >= 15 is 0 Å². The summed E-state index contributed by atoms with van der Waals surface area (Å²) in [6, 6.07) is 21.6. The molecular weight excluding hydrogens is 448 g/mol. The van der Waals surface area contributed by atoms with Gasteiger partial charge in [-0.15, -0.1) is 15.3 Å². The van der Waals surface area contributed by atoms with Crippen molar-refractivity contribution >= 4 is 0 Å². The molecule has 7 heteroatoms. The summed E-state index contributed by atoms with van der Waals surface area (Å²) >= 11 is 0. The Balaban J connectivity index is 1.61. The third kappa shape index (κ3) is 4.17. The molecule has 0 aliphatic carbocycles. The molecular formula is C29H30N6O. The van der Waals surface area contributed by atoms with Gasteiger partial charge >= 0.3 is 0 Å². The summed E-state index contributed by atoms with van der Waals surface area (Å²) in [4.78, 5) is 4.67. The van der Waals surface area contributed by atoms with E-state index in [0.29, 0.717) is 29.2 Å². The molecule has 0 saturated carbocycles. The van der Waals surface area contributed by atoms with Crippen molar-refractivity contribution in [1.82, 2.24) is 29.5 Å².